The Balaban J connectivity index is 1.48. The maximum Gasteiger partial charge on any atom is 0.255 e. The van der Waals surface area contributed by atoms with Gasteiger partial charge in [0.15, 0.2) is 0 Å². The Hall–Kier alpha value is -2.14. The minimum atomic E-state index is -0.0621. The first-order valence-electron chi connectivity index (χ1n) is 9.23. The van der Waals surface area contributed by atoms with Gasteiger partial charge in [0.25, 0.3) is 5.91 Å². The molecule has 0 aliphatic carbocycles. The van der Waals surface area contributed by atoms with Crippen LogP contribution in [0.1, 0.15) is 37.0 Å². The second kappa shape index (κ2) is 8.30. The molecule has 3 rings (SSSR count). The molecule has 2 heterocycles. The lowest BCUT2D eigenvalue weighted by molar-refractivity contribution is 0.0948. The molecule has 1 aromatic carbocycles. The van der Waals surface area contributed by atoms with E-state index in [0.29, 0.717) is 12.1 Å². The number of piperidine rings is 1. The van der Waals surface area contributed by atoms with Crippen LogP contribution in [-0.4, -0.2) is 47.2 Å². The Kier molecular flexibility index (Phi) is 5.87. The largest absolute Gasteiger partial charge is 0.352 e. The summed E-state index contributed by atoms with van der Waals surface area (Å²) in [5.74, 6) is 1.49. The number of hydrogen-bond acceptors (Lipinski definition) is 3. The van der Waals surface area contributed by atoms with E-state index in [2.05, 4.69) is 34.3 Å². The van der Waals surface area contributed by atoms with Crippen molar-refractivity contribution in [3.8, 4) is 11.3 Å². The highest BCUT2D eigenvalue weighted by atomic mass is 16.1. The van der Waals surface area contributed by atoms with Gasteiger partial charge in [-0.3, -0.25) is 9.89 Å². The highest BCUT2D eigenvalue weighted by Crippen LogP contribution is 2.21. The molecular formula is C20H28N4O. The van der Waals surface area contributed by atoms with E-state index in [1.54, 1.807) is 6.20 Å². The molecule has 0 bridgehead atoms. The lowest BCUT2D eigenvalue weighted by Crippen LogP contribution is -2.40. The molecular weight excluding hydrogens is 312 g/mol. The van der Waals surface area contributed by atoms with Gasteiger partial charge in [-0.15, -0.1) is 0 Å². The minimum absolute atomic E-state index is 0.0621. The number of carbonyl (C=O) groups is 1. The Morgan fingerprint density at radius 1 is 1.24 bits per heavy atom. The van der Waals surface area contributed by atoms with Crippen molar-refractivity contribution in [3.63, 3.8) is 0 Å². The van der Waals surface area contributed by atoms with Gasteiger partial charge in [-0.05, 0) is 31.2 Å². The van der Waals surface area contributed by atoms with Crippen LogP contribution < -0.4 is 5.32 Å². The number of amides is 1. The van der Waals surface area contributed by atoms with Crippen LogP contribution in [0.4, 0.5) is 0 Å². The summed E-state index contributed by atoms with van der Waals surface area (Å²) in [6.45, 7) is 8.75. The normalized spacial score (nSPS) is 21.2. The molecule has 0 saturated carbocycles. The molecule has 2 aromatic rings. The van der Waals surface area contributed by atoms with Crippen LogP contribution in [0.2, 0.25) is 0 Å². The van der Waals surface area contributed by atoms with Crippen molar-refractivity contribution < 1.29 is 4.79 Å². The summed E-state index contributed by atoms with van der Waals surface area (Å²) in [6, 6.07) is 9.82. The van der Waals surface area contributed by atoms with Gasteiger partial charge in [-0.1, -0.05) is 44.2 Å². The van der Waals surface area contributed by atoms with Crippen LogP contribution in [0.3, 0.4) is 0 Å². The molecule has 134 valence electrons. The molecule has 5 heteroatoms. The highest BCUT2D eigenvalue weighted by molar-refractivity contribution is 5.99. The zero-order chi connectivity index (χ0) is 17.6. The summed E-state index contributed by atoms with van der Waals surface area (Å²) in [6.07, 6.45) is 3.91. The van der Waals surface area contributed by atoms with Crippen molar-refractivity contribution >= 4 is 5.91 Å². The van der Waals surface area contributed by atoms with Gasteiger partial charge in [-0.25, -0.2) is 0 Å². The van der Waals surface area contributed by atoms with Crippen molar-refractivity contribution in [1.29, 1.82) is 0 Å². The summed E-state index contributed by atoms with van der Waals surface area (Å²) in [4.78, 5) is 15.0. The van der Waals surface area contributed by atoms with Crippen LogP contribution >= 0.6 is 0 Å². The highest BCUT2D eigenvalue weighted by Gasteiger charge is 2.21. The number of carbonyl (C=O) groups excluding carboxylic acids is 1. The summed E-state index contributed by atoms with van der Waals surface area (Å²) in [7, 11) is 0. The van der Waals surface area contributed by atoms with Crippen molar-refractivity contribution in [3.05, 3.63) is 42.1 Å². The zero-order valence-corrected chi connectivity index (χ0v) is 15.2. The topological polar surface area (TPSA) is 61.0 Å². The van der Waals surface area contributed by atoms with Crippen molar-refractivity contribution in [1.82, 2.24) is 20.4 Å². The average molecular weight is 340 g/mol. The van der Waals surface area contributed by atoms with Crippen LogP contribution in [0, 0.1) is 11.8 Å². The van der Waals surface area contributed by atoms with E-state index in [1.807, 2.05) is 30.3 Å². The Morgan fingerprint density at radius 2 is 1.96 bits per heavy atom. The van der Waals surface area contributed by atoms with Gasteiger partial charge >= 0.3 is 0 Å². The molecule has 2 atom stereocenters. The quantitative estimate of drug-likeness (QED) is 0.794. The first-order chi connectivity index (χ1) is 12.1. The molecule has 1 aliphatic rings. The number of likely N-dealkylation sites (tertiary alicyclic amines) is 1. The van der Waals surface area contributed by atoms with E-state index in [1.165, 1.54) is 19.5 Å². The molecule has 5 nitrogen and oxygen atoms in total. The fraction of sp³-hybridized carbons (Fsp3) is 0.500. The molecule has 2 unspecified atom stereocenters. The van der Waals surface area contributed by atoms with Crippen LogP contribution in [0.15, 0.2) is 36.5 Å². The first kappa shape index (κ1) is 17.7. The predicted octanol–water partition coefficient (Wildman–Crippen LogP) is 3.17. The summed E-state index contributed by atoms with van der Waals surface area (Å²) >= 11 is 0. The van der Waals surface area contributed by atoms with E-state index < -0.39 is 0 Å². The standard InChI is InChI=1S/C20H28N4O/c1-15-11-16(2)14-24(13-15)10-6-9-21-20(25)18-12-22-23-19(18)17-7-4-3-5-8-17/h3-5,7-8,12,15-16H,6,9-11,13-14H2,1-2H3,(H,21,25)(H,22,23). The van der Waals surface area contributed by atoms with E-state index >= 15 is 0 Å². The molecule has 1 saturated heterocycles. The molecule has 1 aliphatic heterocycles. The van der Waals surface area contributed by atoms with E-state index in [-0.39, 0.29) is 5.91 Å². The Morgan fingerprint density at radius 3 is 2.68 bits per heavy atom. The zero-order valence-electron chi connectivity index (χ0n) is 15.2. The number of benzene rings is 1. The number of aromatic nitrogens is 2. The lowest BCUT2D eigenvalue weighted by atomic mass is 9.92. The van der Waals surface area contributed by atoms with Gasteiger partial charge in [0.05, 0.1) is 17.5 Å². The smallest absolute Gasteiger partial charge is 0.255 e. The first-order valence-corrected chi connectivity index (χ1v) is 9.23. The second-order valence-corrected chi connectivity index (χ2v) is 7.34. The van der Waals surface area contributed by atoms with Gasteiger partial charge in [0.1, 0.15) is 0 Å². The fourth-order valence-electron chi connectivity index (χ4n) is 3.86. The van der Waals surface area contributed by atoms with E-state index in [4.69, 9.17) is 0 Å². The van der Waals surface area contributed by atoms with Crippen LogP contribution in [-0.2, 0) is 0 Å². The van der Waals surface area contributed by atoms with Gasteiger partial charge in [-0.2, -0.15) is 5.10 Å². The number of hydrogen-bond donors (Lipinski definition) is 2. The third-order valence-corrected chi connectivity index (χ3v) is 4.83. The Bertz CT molecular complexity index is 672. The molecule has 1 fully saturated rings. The number of nitrogens with one attached hydrogen (secondary N) is 2. The van der Waals surface area contributed by atoms with Gasteiger partial charge < -0.3 is 10.2 Å². The average Bonchev–Trinajstić information content (AvgIpc) is 3.08. The number of nitrogens with zero attached hydrogens (tertiary/aromatic N) is 2. The molecule has 2 N–H and O–H groups in total. The van der Waals surface area contributed by atoms with E-state index in [9.17, 15) is 4.79 Å². The van der Waals surface area contributed by atoms with E-state index in [0.717, 1.165) is 36.1 Å². The van der Waals surface area contributed by atoms with Crippen LogP contribution in [0.25, 0.3) is 11.3 Å². The fourth-order valence-corrected chi connectivity index (χ4v) is 3.86. The van der Waals surface area contributed by atoms with Gasteiger partial charge in [0, 0.05) is 25.2 Å². The number of aromatic amines is 1. The maximum atomic E-state index is 12.5. The maximum absolute atomic E-state index is 12.5. The summed E-state index contributed by atoms with van der Waals surface area (Å²) < 4.78 is 0. The van der Waals surface area contributed by atoms with Crippen molar-refractivity contribution in [2.75, 3.05) is 26.2 Å². The van der Waals surface area contributed by atoms with Crippen molar-refractivity contribution in [2.24, 2.45) is 11.8 Å². The molecule has 1 aromatic heterocycles. The number of H-pyrrole nitrogens is 1. The Labute approximate surface area is 149 Å². The summed E-state index contributed by atoms with van der Waals surface area (Å²) in [5, 5.41) is 10.0. The SMILES string of the molecule is CC1CC(C)CN(CCCNC(=O)c2cn[nH]c2-c2ccccc2)C1. The van der Waals surface area contributed by atoms with Crippen molar-refractivity contribution in [2.45, 2.75) is 26.7 Å². The van der Waals surface area contributed by atoms with Crippen LogP contribution in [0.5, 0.6) is 0 Å². The minimum Gasteiger partial charge on any atom is -0.352 e. The molecule has 1 amide bonds. The third-order valence-electron chi connectivity index (χ3n) is 4.83. The third kappa shape index (κ3) is 4.69. The lowest BCUT2D eigenvalue weighted by Gasteiger charge is -2.34. The summed E-state index contributed by atoms with van der Waals surface area (Å²) in [5.41, 5.74) is 2.35. The molecule has 25 heavy (non-hydrogen) atoms. The predicted molar refractivity (Wildman–Crippen MR) is 100 cm³/mol. The van der Waals surface area contributed by atoms with Gasteiger partial charge in [0.2, 0.25) is 0 Å². The monoisotopic (exact) mass is 340 g/mol. The molecule has 0 radical (unpaired) electrons. The number of rotatable bonds is 6. The molecule has 0 spiro atoms. The second-order valence-electron chi connectivity index (χ2n) is 7.34.